The highest BCUT2D eigenvalue weighted by molar-refractivity contribution is 5.78. The Balaban J connectivity index is 1.97. The highest BCUT2D eigenvalue weighted by atomic mass is 15.1. The molecule has 1 unspecified atom stereocenters. The Bertz CT molecular complexity index is 380. The molecule has 1 aromatic carbocycles. The molecular formula is C15H23N3. The van der Waals surface area contributed by atoms with Crippen molar-refractivity contribution in [3.05, 3.63) is 35.9 Å². The molecule has 1 aliphatic rings. The molecule has 1 fully saturated rings. The number of guanidine groups is 1. The summed E-state index contributed by atoms with van der Waals surface area (Å²) in [7, 11) is 0. The van der Waals surface area contributed by atoms with E-state index in [0.29, 0.717) is 12.0 Å². The summed E-state index contributed by atoms with van der Waals surface area (Å²) in [5.74, 6) is 0.595. The maximum Gasteiger partial charge on any atom is 0.189 e. The van der Waals surface area contributed by atoms with Gasteiger partial charge in [-0.25, -0.2) is 0 Å². The summed E-state index contributed by atoms with van der Waals surface area (Å²) in [5.41, 5.74) is 7.27. The molecule has 1 aromatic rings. The van der Waals surface area contributed by atoms with Crippen LogP contribution in [0.1, 0.15) is 50.6 Å². The van der Waals surface area contributed by atoms with Crippen molar-refractivity contribution < 1.29 is 0 Å². The maximum atomic E-state index is 6.01. The topological polar surface area (TPSA) is 50.4 Å². The van der Waals surface area contributed by atoms with Crippen LogP contribution >= 0.6 is 0 Å². The molecule has 0 saturated heterocycles. The normalized spacial score (nSPS) is 18.8. The van der Waals surface area contributed by atoms with Crippen LogP contribution in [-0.2, 0) is 0 Å². The minimum absolute atomic E-state index is 0.261. The molecule has 0 heterocycles. The van der Waals surface area contributed by atoms with E-state index in [1.165, 1.54) is 31.2 Å². The maximum absolute atomic E-state index is 6.01. The molecule has 1 atom stereocenters. The zero-order valence-electron chi connectivity index (χ0n) is 11.1. The van der Waals surface area contributed by atoms with Crippen LogP contribution in [0.3, 0.4) is 0 Å². The Morgan fingerprint density at radius 2 is 2.00 bits per heavy atom. The molecule has 2 rings (SSSR count). The van der Waals surface area contributed by atoms with Crippen molar-refractivity contribution in [2.24, 2.45) is 10.7 Å². The van der Waals surface area contributed by atoms with E-state index < -0.39 is 0 Å². The van der Waals surface area contributed by atoms with Gasteiger partial charge >= 0.3 is 0 Å². The van der Waals surface area contributed by atoms with Gasteiger partial charge in [-0.1, -0.05) is 50.1 Å². The first-order chi connectivity index (χ1) is 8.79. The van der Waals surface area contributed by atoms with Gasteiger partial charge in [-0.05, 0) is 24.8 Å². The van der Waals surface area contributed by atoms with Crippen LogP contribution in [0, 0.1) is 0 Å². The van der Waals surface area contributed by atoms with Crippen LogP contribution < -0.4 is 11.1 Å². The molecular weight excluding hydrogens is 222 g/mol. The highest BCUT2D eigenvalue weighted by Crippen LogP contribution is 2.21. The van der Waals surface area contributed by atoms with Crippen LogP contribution in [0.5, 0.6) is 0 Å². The molecule has 0 spiro atoms. The number of nitrogens with one attached hydrogen (secondary N) is 1. The standard InChI is InChI=1S/C15H23N3/c1-2-14(12-8-4-3-5-9-12)18-15(16)17-13-10-6-7-11-13/h3-5,8-9,13-14H,2,6-7,10-11H2,1H3,(H3,16,17,18). The average Bonchev–Trinajstić information content (AvgIpc) is 2.90. The largest absolute Gasteiger partial charge is 0.370 e. The number of benzene rings is 1. The third-order valence-corrected chi connectivity index (χ3v) is 3.58. The lowest BCUT2D eigenvalue weighted by molar-refractivity contribution is 0.611. The molecule has 0 amide bonds. The van der Waals surface area contributed by atoms with Gasteiger partial charge in [-0.3, -0.25) is 4.99 Å². The van der Waals surface area contributed by atoms with Crippen molar-refractivity contribution in [1.29, 1.82) is 0 Å². The minimum Gasteiger partial charge on any atom is -0.370 e. The zero-order chi connectivity index (χ0) is 12.8. The third-order valence-electron chi connectivity index (χ3n) is 3.58. The Kier molecular flexibility index (Phi) is 4.62. The van der Waals surface area contributed by atoms with E-state index in [9.17, 15) is 0 Å². The lowest BCUT2D eigenvalue weighted by Crippen LogP contribution is -2.35. The van der Waals surface area contributed by atoms with E-state index >= 15 is 0 Å². The molecule has 1 aliphatic carbocycles. The first kappa shape index (κ1) is 12.9. The lowest BCUT2D eigenvalue weighted by atomic mass is 10.1. The predicted molar refractivity (Wildman–Crippen MR) is 76.5 cm³/mol. The summed E-state index contributed by atoms with van der Waals surface area (Å²) in [6, 6.07) is 11.1. The van der Waals surface area contributed by atoms with Crippen molar-refractivity contribution in [2.75, 3.05) is 0 Å². The quantitative estimate of drug-likeness (QED) is 0.633. The molecule has 0 radical (unpaired) electrons. The smallest absolute Gasteiger partial charge is 0.189 e. The molecule has 3 nitrogen and oxygen atoms in total. The summed E-state index contributed by atoms with van der Waals surface area (Å²) < 4.78 is 0. The van der Waals surface area contributed by atoms with Gasteiger partial charge < -0.3 is 11.1 Å². The van der Waals surface area contributed by atoms with Gasteiger partial charge in [0.15, 0.2) is 5.96 Å². The molecule has 1 saturated carbocycles. The van der Waals surface area contributed by atoms with Crippen LogP contribution in [0.2, 0.25) is 0 Å². The van der Waals surface area contributed by atoms with Gasteiger partial charge in [-0.2, -0.15) is 0 Å². The van der Waals surface area contributed by atoms with E-state index in [1.54, 1.807) is 0 Å². The van der Waals surface area contributed by atoms with E-state index in [-0.39, 0.29) is 6.04 Å². The molecule has 0 aliphatic heterocycles. The van der Waals surface area contributed by atoms with Crippen LogP contribution in [-0.4, -0.2) is 12.0 Å². The fourth-order valence-electron chi connectivity index (χ4n) is 2.55. The summed E-state index contributed by atoms with van der Waals surface area (Å²) in [6.45, 7) is 2.16. The second-order valence-corrected chi connectivity index (χ2v) is 4.97. The Labute approximate surface area is 109 Å². The molecule has 98 valence electrons. The van der Waals surface area contributed by atoms with Gasteiger partial charge in [0.1, 0.15) is 0 Å². The average molecular weight is 245 g/mol. The number of hydrogen-bond acceptors (Lipinski definition) is 1. The fraction of sp³-hybridized carbons (Fsp3) is 0.533. The van der Waals surface area contributed by atoms with E-state index in [0.717, 1.165) is 6.42 Å². The van der Waals surface area contributed by atoms with Gasteiger partial charge in [0.2, 0.25) is 0 Å². The highest BCUT2D eigenvalue weighted by Gasteiger charge is 2.15. The van der Waals surface area contributed by atoms with Crippen molar-refractivity contribution in [3.63, 3.8) is 0 Å². The Morgan fingerprint density at radius 3 is 2.61 bits per heavy atom. The monoisotopic (exact) mass is 245 g/mol. The molecule has 18 heavy (non-hydrogen) atoms. The van der Waals surface area contributed by atoms with Gasteiger partial charge in [0, 0.05) is 0 Å². The fourth-order valence-corrected chi connectivity index (χ4v) is 2.55. The van der Waals surface area contributed by atoms with E-state index in [4.69, 9.17) is 5.73 Å². The molecule has 0 aromatic heterocycles. The lowest BCUT2D eigenvalue weighted by Gasteiger charge is -2.18. The number of aliphatic imine (C=N–C) groups is 1. The number of rotatable bonds is 4. The van der Waals surface area contributed by atoms with Crippen molar-refractivity contribution >= 4 is 5.96 Å². The number of hydrogen-bond donors (Lipinski definition) is 2. The summed E-state index contributed by atoms with van der Waals surface area (Å²) in [6.07, 6.45) is 5.95. The van der Waals surface area contributed by atoms with Crippen molar-refractivity contribution in [2.45, 2.75) is 51.1 Å². The van der Waals surface area contributed by atoms with E-state index in [1.807, 2.05) is 6.07 Å². The number of nitrogens with zero attached hydrogens (tertiary/aromatic N) is 1. The minimum atomic E-state index is 0.261. The van der Waals surface area contributed by atoms with Crippen LogP contribution in [0.15, 0.2) is 35.3 Å². The van der Waals surface area contributed by atoms with Crippen LogP contribution in [0.25, 0.3) is 0 Å². The third kappa shape index (κ3) is 3.49. The second kappa shape index (κ2) is 6.43. The van der Waals surface area contributed by atoms with E-state index in [2.05, 4.69) is 41.5 Å². The van der Waals surface area contributed by atoms with Gasteiger partial charge in [-0.15, -0.1) is 0 Å². The predicted octanol–water partition coefficient (Wildman–Crippen LogP) is 2.98. The zero-order valence-corrected chi connectivity index (χ0v) is 11.1. The van der Waals surface area contributed by atoms with Gasteiger partial charge in [0.25, 0.3) is 0 Å². The summed E-state index contributed by atoms with van der Waals surface area (Å²) >= 11 is 0. The molecule has 3 N–H and O–H groups in total. The first-order valence-corrected chi connectivity index (χ1v) is 6.94. The van der Waals surface area contributed by atoms with Crippen LogP contribution in [0.4, 0.5) is 0 Å². The Hall–Kier alpha value is -1.51. The summed E-state index contributed by atoms with van der Waals surface area (Å²) in [4.78, 5) is 4.57. The molecule has 0 bridgehead atoms. The Morgan fingerprint density at radius 1 is 1.33 bits per heavy atom. The SMILES string of the molecule is CCC(NC(N)=NC1CCCC1)c1ccccc1. The first-order valence-electron chi connectivity index (χ1n) is 6.94. The number of nitrogens with two attached hydrogens (primary N) is 1. The second-order valence-electron chi connectivity index (χ2n) is 4.97. The van der Waals surface area contributed by atoms with Crippen molar-refractivity contribution in [3.8, 4) is 0 Å². The van der Waals surface area contributed by atoms with Gasteiger partial charge in [0.05, 0.1) is 12.1 Å². The summed E-state index contributed by atoms with van der Waals surface area (Å²) in [5, 5.41) is 3.34. The molecule has 3 heteroatoms. The van der Waals surface area contributed by atoms with Crippen molar-refractivity contribution in [1.82, 2.24) is 5.32 Å².